The molecule has 0 radical (unpaired) electrons. The summed E-state index contributed by atoms with van der Waals surface area (Å²) >= 11 is 0. The van der Waals surface area contributed by atoms with E-state index in [9.17, 15) is 18.0 Å². The van der Waals surface area contributed by atoms with Gasteiger partial charge in [0.25, 0.3) is 0 Å². The Kier molecular flexibility index (Phi) is 5.06. The van der Waals surface area contributed by atoms with Gasteiger partial charge in [-0.2, -0.15) is 13.2 Å². The van der Waals surface area contributed by atoms with Crippen LogP contribution in [0.2, 0.25) is 0 Å². The zero-order chi connectivity index (χ0) is 23.9. The van der Waals surface area contributed by atoms with Crippen molar-refractivity contribution in [1.29, 1.82) is 0 Å². The maximum absolute atomic E-state index is 13.1. The standard InChI is InChI=1S/C26H33F3N2O3/c1-16-5-4-8-24(2)14-20-21(22-25(16,24)34-22)19(23(32)33-20)15-30-9-11-31(12-10-30)18-7-3-6-17(13-18)26(27,28)29/h3,6-7,13,16,19-22H,4-5,8-12,14-15H2,1-2H3/t16-,19+,20+,21+,22-,24+,25+/m0/s1. The van der Waals surface area contributed by atoms with E-state index < -0.39 is 11.7 Å². The fraction of sp³-hybridized carbons (Fsp3) is 0.731. The van der Waals surface area contributed by atoms with Crippen molar-refractivity contribution in [2.45, 2.75) is 63.5 Å². The van der Waals surface area contributed by atoms with E-state index in [1.54, 1.807) is 6.07 Å². The van der Waals surface area contributed by atoms with Crippen molar-refractivity contribution in [2.75, 3.05) is 37.6 Å². The summed E-state index contributed by atoms with van der Waals surface area (Å²) in [5.41, 5.74) is -0.0314. The molecule has 2 saturated carbocycles. The zero-order valence-corrected chi connectivity index (χ0v) is 19.8. The van der Waals surface area contributed by atoms with Gasteiger partial charge in [-0.05, 0) is 43.4 Å². The molecule has 2 aliphatic carbocycles. The average Bonchev–Trinajstić information content (AvgIpc) is 3.48. The molecular weight excluding hydrogens is 445 g/mol. The van der Waals surface area contributed by atoms with Crippen molar-refractivity contribution < 1.29 is 27.4 Å². The monoisotopic (exact) mass is 478 g/mol. The fourth-order valence-electron chi connectivity index (χ4n) is 7.79. The molecule has 1 aromatic rings. The number of piperazine rings is 1. The average molecular weight is 479 g/mol. The fourth-order valence-corrected chi connectivity index (χ4v) is 7.79. The molecule has 5 aliphatic rings. The predicted molar refractivity (Wildman–Crippen MR) is 120 cm³/mol. The molecule has 34 heavy (non-hydrogen) atoms. The van der Waals surface area contributed by atoms with Crippen LogP contribution in [0.1, 0.15) is 45.1 Å². The van der Waals surface area contributed by atoms with Gasteiger partial charge in [-0.1, -0.05) is 26.3 Å². The van der Waals surface area contributed by atoms with Crippen LogP contribution in [0.5, 0.6) is 0 Å². The second-order valence-corrected chi connectivity index (χ2v) is 11.4. The first-order valence-corrected chi connectivity index (χ1v) is 12.7. The topological polar surface area (TPSA) is 45.3 Å². The molecule has 0 aromatic heterocycles. The van der Waals surface area contributed by atoms with E-state index in [0.717, 1.165) is 18.9 Å². The van der Waals surface area contributed by atoms with Gasteiger partial charge in [0.05, 0.1) is 17.6 Å². The number of carbonyl (C=O) groups is 1. The minimum atomic E-state index is -4.34. The third-order valence-corrected chi connectivity index (χ3v) is 9.56. The molecule has 0 N–H and O–H groups in total. The quantitative estimate of drug-likeness (QED) is 0.478. The molecule has 1 aromatic carbocycles. The van der Waals surface area contributed by atoms with Crippen LogP contribution < -0.4 is 4.90 Å². The van der Waals surface area contributed by atoms with Crippen LogP contribution in [0.4, 0.5) is 18.9 Å². The predicted octanol–water partition coefficient (Wildman–Crippen LogP) is 4.35. The van der Waals surface area contributed by atoms with Crippen LogP contribution in [0.15, 0.2) is 24.3 Å². The summed E-state index contributed by atoms with van der Waals surface area (Å²) in [6, 6.07) is 5.53. The maximum atomic E-state index is 13.1. The lowest BCUT2D eigenvalue weighted by Crippen LogP contribution is -2.55. The third kappa shape index (κ3) is 3.31. The molecule has 7 atom stereocenters. The van der Waals surface area contributed by atoms with Crippen molar-refractivity contribution in [3.63, 3.8) is 0 Å². The van der Waals surface area contributed by atoms with E-state index in [1.165, 1.54) is 25.0 Å². The highest BCUT2D eigenvalue weighted by atomic mass is 19.4. The Labute approximate surface area is 198 Å². The van der Waals surface area contributed by atoms with Gasteiger partial charge in [0, 0.05) is 49.7 Å². The first kappa shape index (κ1) is 22.7. The molecular formula is C26H33F3N2O3. The molecule has 0 unspecified atom stereocenters. The smallest absolute Gasteiger partial charge is 0.416 e. The highest BCUT2D eigenvalue weighted by Gasteiger charge is 2.78. The summed E-state index contributed by atoms with van der Waals surface area (Å²) in [6.45, 7) is 7.96. The Hall–Kier alpha value is -1.80. The Bertz CT molecular complexity index is 978. The Balaban J connectivity index is 1.12. The van der Waals surface area contributed by atoms with Crippen molar-refractivity contribution in [2.24, 2.45) is 23.2 Å². The van der Waals surface area contributed by atoms with Gasteiger partial charge in [0.1, 0.15) is 11.7 Å². The molecule has 5 nitrogen and oxygen atoms in total. The van der Waals surface area contributed by atoms with E-state index in [-0.39, 0.29) is 41.0 Å². The number of epoxide rings is 1. The van der Waals surface area contributed by atoms with E-state index in [2.05, 4.69) is 18.7 Å². The largest absolute Gasteiger partial charge is 0.462 e. The molecule has 3 saturated heterocycles. The van der Waals surface area contributed by atoms with Gasteiger partial charge in [-0.15, -0.1) is 0 Å². The van der Waals surface area contributed by atoms with Gasteiger partial charge in [0.15, 0.2) is 0 Å². The Morgan fingerprint density at radius 2 is 1.94 bits per heavy atom. The number of carbonyl (C=O) groups excluding carboxylic acids is 1. The van der Waals surface area contributed by atoms with Crippen molar-refractivity contribution in [1.82, 2.24) is 4.90 Å². The van der Waals surface area contributed by atoms with Crippen LogP contribution in [0.3, 0.4) is 0 Å². The van der Waals surface area contributed by atoms with Crippen LogP contribution in [0, 0.1) is 23.2 Å². The lowest BCUT2D eigenvalue weighted by atomic mass is 9.53. The minimum Gasteiger partial charge on any atom is -0.462 e. The van der Waals surface area contributed by atoms with E-state index >= 15 is 0 Å². The van der Waals surface area contributed by atoms with Gasteiger partial charge < -0.3 is 14.4 Å². The van der Waals surface area contributed by atoms with E-state index in [4.69, 9.17) is 9.47 Å². The van der Waals surface area contributed by atoms with Crippen LogP contribution >= 0.6 is 0 Å². The van der Waals surface area contributed by atoms with Crippen molar-refractivity contribution in [3.8, 4) is 0 Å². The molecule has 3 aliphatic heterocycles. The lowest BCUT2D eigenvalue weighted by Gasteiger charge is -2.49. The molecule has 8 heteroatoms. The van der Waals surface area contributed by atoms with E-state index in [1.807, 2.05) is 4.90 Å². The third-order valence-electron chi connectivity index (χ3n) is 9.56. The van der Waals surface area contributed by atoms with Crippen LogP contribution in [-0.2, 0) is 20.4 Å². The molecule has 5 fully saturated rings. The van der Waals surface area contributed by atoms with Gasteiger partial charge in [0.2, 0.25) is 0 Å². The normalized spacial score (nSPS) is 42.0. The van der Waals surface area contributed by atoms with Gasteiger partial charge >= 0.3 is 12.1 Å². The summed E-state index contributed by atoms with van der Waals surface area (Å²) in [5.74, 6) is 0.330. The summed E-state index contributed by atoms with van der Waals surface area (Å²) in [4.78, 5) is 17.2. The second-order valence-electron chi connectivity index (χ2n) is 11.4. The molecule has 3 heterocycles. The number of anilines is 1. The summed E-state index contributed by atoms with van der Waals surface area (Å²) in [6.07, 6.45) is 0.127. The molecule has 0 bridgehead atoms. The SMILES string of the molecule is C[C@H]1CCC[C@]2(C)C[C@H]3OC(=O)[C@H](CN4CCN(c5cccc(C(F)(F)F)c5)CC4)[C@H]3[C@@H]3O[C@]132. The maximum Gasteiger partial charge on any atom is 0.416 e. The van der Waals surface area contributed by atoms with Crippen molar-refractivity contribution in [3.05, 3.63) is 29.8 Å². The first-order chi connectivity index (χ1) is 16.1. The molecule has 6 rings (SSSR count). The lowest BCUT2D eigenvalue weighted by molar-refractivity contribution is -0.146. The summed E-state index contributed by atoms with van der Waals surface area (Å²) in [7, 11) is 0. The molecule has 0 amide bonds. The second kappa shape index (κ2) is 7.60. The number of nitrogens with zero attached hydrogens (tertiary/aromatic N) is 2. The number of benzene rings is 1. The number of rotatable bonds is 3. The summed E-state index contributed by atoms with van der Waals surface area (Å²) < 4.78 is 51.8. The number of hydrogen-bond donors (Lipinski definition) is 0. The van der Waals surface area contributed by atoms with Crippen molar-refractivity contribution >= 4 is 11.7 Å². The van der Waals surface area contributed by atoms with Crippen LogP contribution in [0.25, 0.3) is 0 Å². The summed E-state index contributed by atoms with van der Waals surface area (Å²) in [5, 5.41) is 0. The number of ether oxygens (including phenoxy) is 2. The van der Waals surface area contributed by atoms with Gasteiger partial charge in [-0.25, -0.2) is 0 Å². The highest BCUT2D eigenvalue weighted by Crippen LogP contribution is 2.70. The number of esters is 1. The number of fused-ring (bicyclic) bond motifs is 2. The molecule has 186 valence electrons. The van der Waals surface area contributed by atoms with E-state index in [0.29, 0.717) is 44.3 Å². The molecule has 1 spiro atoms. The number of alkyl halides is 3. The van der Waals surface area contributed by atoms with Crippen LogP contribution in [-0.4, -0.2) is 61.4 Å². The zero-order valence-electron chi connectivity index (χ0n) is 19.8. The Morgan fingerprint density at radius 1 is 1.18 bits per heavy atom. The first-order valence-electron chi connectivity index (χ1n) is 12.7. The van der Waals surface area contributed by atoms with Gasteiger partial charge in [-0.3, -0.25) is 9.69 Å². The Morgan fingerprint density at radius 3 is 2.68 bits per heavy atom. The highest BCUT2D eigenvalue weighted by molar-refractivity contribution is 5.76. The number of halogens is 3. The minimum absolute atomic E-state index is 0.0557. The number of hydrogen-bond acceptors (Lipinski definition) is 5.